The minimum absolute atomic E-state index is 0.0947. The second kappa shape index (κ2) is 8.46. The number of hydrogen-bond acceptors (Lipinski definition) is 3. The number of piperidine rings is 1. The molecule has 2 unspecified atom stereocenters. The number of benzene rings is 1. The van der Waals surface area contributed by atoms with E-state index in [0.717, 1.165) is 26.1 Å². The molecule has 1 aromatic carbocycles. The highest BCUT2D eigenvalue weighted by Crippen LogP contribution is 2.19. The lowest BCUT2D eigenvalue weighted by atomic mass is 9.93. The molecule has 0 radical (unpaired) electrons. The standard InChI is InChI=1S/C19H30N2O2/c1-14(2)19(22)21-10-9-18(15(3)12-21)20-11-16-5-7-17(8-6-16)13-23-4/h5-8,14-15,18,20H,9-13H2,1-4H3. The van der Waals surface area contributed by atoms with Crippen LogP contribution in [-0.2, 0) is 22.7 Å². The molecule has 0 spiro atoms. The van der Waals surface area contributed by atoms with Crippen LogP contribution in [-0.4, -0.2) is 37.0 Å². The van der Waals surface area contributed by atoms with Crippen molar-refractivity contribution in [1.29, 1.82) is 0 Å². The summed E-state index contributed by atoms with van der Waals surface area (Å²) in [7, 11) is 1.72. The average molecular weight is 318 g/mol. The van der Waals surface area contributed by atoms with Crippen LogP contribution in [0.15, 0.2) is 24.3 Å². The van der Waals surface area contributed by atoms with Crippen LogP contribution < -0.4 is 5.32 Å². The van der Waals surface area contributed by atoms with E-state index in [0.29, 0.717) is 18.6 Å². The predicted octanol–water partition coefficient (Wildman–Crippen LogP) is 2.82. The van der Waals surface area contributed by atoms with Crippen molar-refractivity contribution in [3.63, 3.8) is 0 Å². The van der Waals surface area contributed by atoms with Gasteiger partial charge >= 0.3 is 0 Å². The first kappa shape index (κ1) is 18.0. The first-order valence-corrected chi connectivity index (χ1v) is 8.60. The van der Waals surface area contributed by atoms with Crippen molar-refractivity contribution >= 4 is 5.91 Å². The van der Waals surface area contributed by atoms with E-state index in [1.807, 2.05) is 18.7 Å². The molecule has 0 aromatic heterocycles. The summed E-state index contributed by atoms with van der Waals surface area (Å²) in [6.07, 6.45) is 1.03. The molecule has 1 aliphatic heterocycles. The molecule has 1 N–H and O–H groups in total. The number of methoxy groups -OCH3 is 1. The van der Waals surface area contributed by atoms with Crippen LogP contribution >= 0.6 is 0 Å². The van der Waals surface area contributed by atoms with Crippen molar-refractivity contribution in [1.82, 2.24) is 10.2 Å². The van der Waals surface area contributed by atoms with Gasteiger partial charge in [-0.15, -0.1) is 0 Å². The molecule has 4 heteroatoms. The van der Waals surface area contributed by atoms with E-state index in [2.05, 4.69) is 36.5 Å². The second-order valence-electron chi connectivity index (χ2n) is 6.94. The predicted molar refractivity (Wildman–Crippen MR) is 93.0 cm³/mol. The lowest BCUT2D eigenvalue weighted by molar-refractivity contribution is -0.136. The van der Waals surface area contributed by atoms with Gasteiger partial charge in [0.25, 0.3) is 0 Å². The molecule has 0 saturated carbocycles. The fourth-order valence-electron chi connectivity index (χ4n) is 3.18. The summed E-state index contributed by atoms with van der Waals surface area (Å²) >= 11 is 0. The van der Waals surface area contributed by atoms with Crippen molar-refractivity contribution in [3.05, 3.63) is 35.4 Å². The van der Waals surface area contributed by atoms with Crippen LogP contribution in [0.5, 0.6) is 0 Å². The second-order valence-corrected chi connectivity index (χ2v) is 6.94. The molecule has 23 heavy (non-hydrogen) atoms. The van der Waals surface area contributed by atoms with Gasteiger partial charge in [-0.3, -0.25) is 4.79 Å². The van der Waals surface area contributed by atoms with Gasteiger partial charge in [-0.25, -0.2) is 0 Å². The van der Waals surface area contributed by atoms with E-state index in [1.54, 1.807) is 7.11 Å². The Labute approximate surface area is 140 Å². The maximum atomic E-state index is 12.1. The molecule has 128 valence electrons. The molecule has 4 nitrogen and oxygen atoms in total. The Morgan fingerprint density at radius 3 is 2.52 bits per heavy atom. The smallest absolute Gasteiger partial charge is 0.225 e. The first-order chi connectivity index (χ1) is 11.0. The van der Waals surface area contributed by atoms with E-state index >= 15 is 0 Å². The molecule has 1 aromatic rings. The summed E-state index contributed by atoms with van der Waals surface area (Å²) in [5, 5.41) is 3.66. The maximum absolute atomic E-state index is 12.1. The van der Waals surface area contributed by atoms with Crippen molar-refractivity contribution in [3.8, 4) is 0 Å². The highest BCUT2D eigenvalue weighted by atomic mass is 16.5. The highest BCUT2D eigenvalue weighted by molar-refractivity contribution is 5.78. The Morgan fingerprint density at radius 2 is 1.96 bits per heavy atom. The number of carbonyl (C=O) groups excluding carboxylic acids is 1. The maximum Gasteiger partial charge on any atom is 0.225 e. The monoisotopic (exact) mass is 318 g/mol. The molecule has 0 aliphatic carbocycles. The minimum Gasteiger partial charge on any atom is -0.380 e. The van der Waals surface area contributed by atoms with Gasteiger partial charge in [0.15, 0.2) is 0 Å². The van der Waals surface area contributed by atoms with E-state index < -0.39 is 0 Å². The number of nitrogens with one attached hydrogen (secondary N) is 1. The van der Waals surface area contributed by atoms with Gasteiger partial charge in [0.05, 0.1) is 6.61 Å². The summed E-state index contributed by atoms with van der Waals surface area (Å²) in [6, 6.07) is 9.03. The van der Waals surface area contributed by atoms with Crippen molar-refractivity contribution in [2.75, 3.05) is 20.2 Å². The van der Waals surface area contributed by atoms with Gasteiger partial charge in [0.2, 0.25) is 5.91 Å². The third-order valence-corrected chi connectivity index (χ3v) is 4.61. The van der Waals surface area contributed by atoms with Crippen molar-refractivity contribution < 1.29 is 9.53 Å². The number of hydrogen-bond donors (Lipinski definition) is 1. The first-order valence-electron chi connectivity index (χ1n) is 8.60. The SMILES string of the molecule is COCc1ccc(CNC2CCN(C(=O)C(C)C)CC2C)cc1. The Bertz CT molecular complexity index is 499. The van der Waals surface area contributed by atoms with Crippen LogP contribution in [0.25, 0.3) is 0 Å². The number of nitrogens with zero attached hydrogens (tertiary/aromatic N) is 1. The van der Waals surface area contributed by atoms with Gasteiger partial charge in [-0.05, 0) is 23.5 Å². The molecule has 1 heterocycles. The van der Waals surface area contributed by atoms with Gasteiger partial charge in [0.1, 0.15) is 0 Å². The fraction of sp³-hybridized carbons (Fsp3) is 0.632. The molecule has 1 aliphatic rings. The Morgan fingerprint density at radius 1 is 1.30 bits per heavy atom. The molecule has 1 amide bonds. The summed E-state index contributed by atoms with van der Waals surface area (Å²) in [5.74, 6) is 0.862. The molecular formula is C19H30N2O2. The van der Waals surface area contributed by atoms with Gasteiger partial charge in [0, 0.05) is 38.7 Å². The zero-order chi connectivity index (χ0) is 16.8. The van der Waals surface area contributed by atoms with Crippen LogP contribution in [0.1, 0.15) is 38.3 Å². The molecule has 1 saturated heterocycles. The third-order valence-electron chi connectivity index (χ3n) is 4.61. The van der Waals surface area contributed by atoms with Crippen LogP contribution in [0.4, 0.5) is 0 Å². The van der Waals surface area contributed by atoms with Crippen molar-refractivity contribution in [2.24, 2.45) is 11.8 Å². The fourth-order valence-corrected chi connectivity index (χ4v) is 3.18. The zero-order valence-electron chi connectivity index (χ0n) is 14.8. The van der Waals surface area contributed by atoms with Crippen LogP contribution in [0.2, 0.25) is 0 Å². The average Bonchev–Trinajstić information content (AvgIpc) is 2.54. The molecule has 1 fully saturated rings. The summed E-state index contributed by atoms with van der Waals surface area (Å²) in [5.41, 5.74) is 2.49. The molecule has 0 bridgehead atoms. The van der Waals surface area contributed by atoms with E-state index in [4.69, 9.17) is 4.74 Å². The quantitative estimate of drug-likeness (QED) is 0.877. The van der Waals surface area contributed by atoms with Gasteiger partial charge in [-0.2, -0.15) is 0 Å². The number of likely N-dealkylation sites (tertiary alicyclic amines) is 1. The van der Waals surface area contributed by atoms with Crippen LogP contribution in [0, 0.1) is 11.8 Å². The highest BCUT2D eigenvalue weighted by Gasteiger charge is 2.29. The Kier molecular flexibility index (Phi) is 6.60. The van der Waals surface area contributed by atoms with Gasteiger partial charge < -0.3 is 15.0 Å². The Hall–Kier alpha value is -1.39. The minimum atomic E-state index is 0.0947. The lowest BCUT2D eigenvalue weighted by Crippen LogP contribution is -2.50. The Balaban J connectivity index is 1.81. The third kappa shape index (κ3) is 5.05. The zero-order valence-corrected chi connectivity index (χ0v) is 14.8. The lowest BCUT2D eigenvalue weighted by Gasteiger charge is -2.38. The largest absolute Gasteiger partial charge is 0.380 e. The topological polar surface area (TPSA) is 41.6 Å². The summed E-state index contributed by atoms with van der Waals surface area (Å²) in [4.78, 5) is 14.1. The van der Waals surface area contributed by atoms with Gasteiger partial charge in [-0.1, -0.05) is 45.0 Å². The molecule has 2 rings (SSSR count). The number of ether oxygens (including phenoxy) is 1. The van der Waals surface area contributed by atoms with E-state index in [-0.39, 0.29) is 11.8 Å². The number of amides is 1. The normalized spacial score (nSPS) is 21.7. The van der Waals surface area contributed by atoms with Crippen molar-refractivity contribution in [2.45, 2.75) is 46.4 Å². The molecular weight excluding hydrogens is 288 g/mol. The summed E-state index contributed by atoms with van der Waals surface area (Å²) in [6.45, 7) is 9.45. The van der Waals surface area contributed by atoms with E-state index in [9.17, 15) is 4.79 Å². The number of rotatable bonds is 6. The summed E-state index contributed by atoms with van der Waals surface area (Å²) < 4.78 is 5.14. The van der Waals surface area contributed by atoms with E-state index in [1.165, 1.54) is 11.1 Å². The molecule has 2 atom stereocenters. The number of carbonyl (C=O) groups is 1. The van der Waals surface area contributed by atoms with Crippen LogP contribution in [0.3, 0.4) is 0 Å².